The molecule has 1 fully saturated rings. The van der Waals surface area contributed by atoms with E-state index < -0.39 is 26.0 Å². The lowest BCUT2D eigenvalue weighted by atomic mass is 10.7. The third-order valence-electron chi connectivity index (χ3n) is 1.30. The van der Waals surface area contributed by atoms with Gasteiger partial charge in [0.2, 0.25) is 10.0 Å². The number of carbonyl (C=O) groups is 1. The van der Waals surface area contributed by atoms with E-state index in [0.717, 1.165) is 24.3 Å². The number of hydrogen-bond donors (Lipinski definition) is 0. The molecule has 0 aliphatic carbocycles. The van der Waals surface area contributed by atoms with Crippen LogP contribution in [-0.2, 0) is 24.8 Å². The normalized spacial score (nSPS) is 21.3. The second-order valence-corrected chi connectivity index (χ2v) is 7.24. The molecule has 1 aliphatic rings. The molecular formula is C5H8N2O5S3. The van der Waals surface area contributed by atoms with E-state index in [2.05, 4.69) is 4.40 Å². The van der Waals surface area contributed by atoms with E-state index in [1.54, 1.807) is 0 Å². The maximum atomic E-state index is 11.2. The van der Waals surface area contributed by atoms with Crippen molar-refractivity contribution in [1.29, 1.82) is 0 Å². The Morgan fingerprint density at radius 3 is 2.20 bits per heavy atom. The van der Waals surface area contributed by atoms with E-state index in [1.165, 1.54) is 0 Å². The van der Waals surface area contributed by atoms with Crippen LogP contribution < -0.4 is 0 Å². The first kappa shape index (κ1) is 12.5. The average molecular weight is 272 g/mol. The number of nitrogens with zero attached hydrogens (tertiary/aromatic N) is 2. The average Bonchev–Trinajstić information content (AvgIpc) is 2.25. The van der Waals surface area contributed by atoms with Gasteiger partial charge < -0.3 is 0 Å². The summed E-state index contributed by atoms with van der Waals surface area (Å²) in [5, 5.41) is -0.315. The molecule has 1 aliphatic heterocycles. The van der Waals surface area contributed by atoms with Gasteiger partial charge in [0.15, 0.2) is 5.17 Å². The van der Waals surface area contributed by atoms with E-state index in [0.29, 0.717) is 4.31 Å². The largest absolute Gasteiger partial charge is 0.272 e. The summed E-state index contributed by atoms with van der Waals surface area (Å²) in [6.45, 7) is 0. The fraction of sp³-hybridized carbons (Fsp3) is 0.600. The number of rotatable bonds is 2. The molecule has 0 saturated carbocycles. The lowest BCUT2D eigenvalue weighted by Gasteiger charge is -2.11. The van der Waals surface area contributed by atoms with Crippen LogP contribution in [0.25, 0.3) is 0 Å². The van der Waals surface area contributed by atoms with E-state index >= 15 is 0 Å². The number of carbonyl (C=O) groups excluding carboxylic acids is 1. The second-order valence-electron chi connectivity index (χ2n) is 2.82. The zero-order chi connectivity index (χ0) is 11.9. The number of amidine groups is 1. The van der Waals surface area contributed by atoms with Gasteiger partial charge in [-0.2, -0.15) is 4.31 Å². The SMILES string of the molecule is CS(=O)(=O)N=C1SCC(=O)N1S(C)(=O)=O. The first-order valence-electron chi connectivity index (χ1n) is 3.57. The number of thioether (sulfide) groups is 1. The minimum atomic E-state index is -3.81. The zero-order valence-corrected chi connectivity index (χ0v) is 10.3. The highest BCUT2D eigenvalue weighted by Gasteiger charge is 2.36. The minimum absolute atomic E-state index is 0.124. The van der Waals surface area contributed by atoms with Gasteiger partial charge in [0.1, 0.15) is 0 Å². The van der Waals surface area contributed by atoms with Crippen molar-refractivity contribution in [3.8, 4) is 0 Å². The Morgan fingerprint density at radius 1 is 1.27 bits per heavy atom. The monoisotopic (exact) mass is 272 g/mol. The molecule has 86 valence electrons. The van der Waals surface area contributed by atoms with Crippen LogP contribution in [0.5, 0.6) is 0 Å². The van der Waals surface area contributed by atoms with Crippen LogP contribution in [0.3, 0.4) is 0 Å². The number of sulfonamides is 2. The summed E-state index contributed by atoms with van der Waals surface area (Å²) < 4.78 is 47.6. The van der Waals surface area contributed by atoms with Gasteiger partial charge in [-0.3, -0.25) is 4.79 Å². The fourth-order valence-corrected chi connectivity index (χ4v) is 3.92. The van der Waals surface area contributed by atoms with Gasteiger partial charge in [0, 0.05) is 0 Å². The number of amides is 1. The van der Waals surface area contributed by atoms with Gasteiger partial charge in [-0.05, 0) is 0 Å². The molecule has 0 aromatic carbocycles. The van der Waals surface area contributed by atoms with Crippen molar-refractivity contribution >= 4 is 42.9 Å². The van der Waals surface area contributed by atoms with Crippen LogP contribution in [0.15, 0.2) is 4.40 Å². The Bertz CT molecular complexity index is 517. The summed E-state index contributed by atoms with van der Waals surface area (Å²) in [4.78, 5) is 11.2. The first-order chi connectivity index (χ1) is 6.61. The molecule has 10 heteroatoms. The molecule has 0 radical (unpaired) electrons. The van der Waals surface area contributed by atoms with Crippen LogP contribution in [0.4, 0.5) is 0 Å². The van der Waals surface area contributed by atoms with Crippen LogP contribution in [0, 0.1) is 0 Å². The van der Waals surface area contributed by atoms with Gasteiger partial charge in [0.25, 0.3) is 15.9 Å². The van der Waals surface area contributed by atoms with Crippen molar-refractivity contribution in [3.05, 3.63) is 0 Å². The summed E-state index contributed by atoms with van der Waals surface area (Å²) in [6, 6.07) is 0. The Morgan fingerprint density at radius 2 is 1.80 bits per heavy atom. The summed E-state index contributed by atoms with van der Waals surface area (Å²) in [7, 11) is -7.52. The smallest absolute Gasteiger partial charge is 0.252 e. The second kappa shape index (κ2) is 3.76. The summed E-state index contributed by atoms with van der Waals surface area (Å²) >= 11 is 0.780. The molecule has 1 heterocycles. The molecule has 1 rings (SSSR count). The maximum absolute atomic E-state index is 11.2. The Hall–Kier alpha value is -0.610. The van der Waals surface area contributed by atoms with Crippen LogP contribution in [0.2, 0.25) is 0 Å². The molecule has 1 saturated heterocycles. The summed E-state index contributed by atoms with van der Waals surface area (Å²) in [6.07, 6.45) is 1.64. The van der Waals surface area contributed by atoms with Gasteiger partial charge in [0.05, 0.1) is 18.3 Å². The Kier molecular flexibility index (Phi) is 3.12. The molecule has 0 N–H and O–H groups in total. The van der Waals surface area contributed by atoms with E-state index in [9.17, 15) is 21.6 Å². The lowest BCUT2D eigenvalue weighted by molar-refractivity contribution is -0.120. The standard InChI is InChI=1S/C5H8N2O5S3/c1-14(9,10)6-5-7(15(2,11)12)4(8)3-13-5/h3H2,1-2H3. The molecule has 7 nitrogen and oxygen atoms in total. The molecule has 0 aromatic rings. The van der Waals surface area contributed by atoms with Crippen LogP contribution in [-0.4, -0.2) is 50.5 Å². The van der Waals surface area contributed by atoms with Crippen molar-refractivity contribution in [2.24, 2.45) is 4.40 Å². The zero-order valence-electron chi connectivity index (χ0n) is 7.87. The highest BCUT2D eigenvalue weighted by molar-refractivity contribution is 8.17. The molecular weight excluding hydrogens is 264 g/mol. The summed E-state index contributed by atoms with van der Waals surface area (Å²) in [5.74, 6) is -0.813. The van der Waals surface area contributed by atoms with E-state index in [1.807, 2.05) is 0 Å². The lowest BCUT2D eigenvalue weighted by Crippen LogP contribution is -2.35. The van der Waals surface area contributed by atoms with Crippen molar-refractivity contribution in [1.82, 2.24) is 4.31 Å². The van der Waals surface area contributed by atoms with Crippen molar-refractivity contribution < 1.29 is 21.6 Å². The van der Waals surface area contributed by atoms with Crippen LogP contribution >= 0.6 is 11.8 Å². The van der Waals surface area contributed by atoms with Gasteiger partial charge in [-0.1, -0.05) is 11.8 Å². The Balaban J connectivity index is 3.25. The van der Waals surface area contributed by atoms with E-state index in [-0.39, 0.29) is 10.9 Å². The first-order valence-corrected chi connectivity index (χ1v) is 8.25. The highest BCUT2D eigenvalue weighted by Crippen LogP contribution is 2.22. The van der Waals surface area contributed by atoms with Crippen LogP contribution in [0.1, 0.15) is 0 Å². The minimum Gasteiger partial charge on any atom is -0.272 e. The topological polar surface area (TPSA) is 101 Å². The Labute approximate surface area is 91.7 Å². The summed E-state index contributed by atoms with van der Waals surface area (Å²) in [5.41, 5.74) is 0. The molecule has 15 heavy (non-hydrogen) atoms. The molecule has 0 spiro atoms. The molecule has 0 bridgehead atoms. The van der Waals surface area contributed by atoms with Gasteiger partial charge >= 0.3 is 0 Å². The molecule has 0 aromatic heterocycles. The quantitative estimate of drug-likeness (QED) is 0.628. The van der Waals surface area contributed by atoms with Crippen molar-refractivity contribution in [2.45, 2.75) is 0 Å². The molecule has 1 amide bonds. The predicted octanol–water partition coefficient (Wildman–Crippen LogP) is -1.16. The third kappa shape index (κ3) is 3.18. The number of hydrogen-bond acceptors (Lipinski definition) is 6. The maximum Gasteiger partial charge on any atom is 0.252 e. The van der Waals surface area contributed by atoms with Gasteiger partial charge in [-0.25, -0.2) is 16.8 Å². The fourth-order valence-electron chi connectivity index (χ4n) is 0.882. The van der Waals surface area contributed by atoms with E-state index in [4.69, 9.17) is 0 Å². The van der Waals surface area contributed by atoms with Gasteiger partial charge in [-0.15, -0.1) is 4.40 Å². The highest BCUT2D eigenvalue weighted by atomic mass is 32.2. The third-order valence-corrected chi connectivity index (χ3v) is 4.00. The molecule has 0 unspecified atom stereocenters. The predicted molar refractivity (Wildman–Crippen MR) is 56.4 cm³/mol. The molecule has 0 atom stereocenters. The van der Waals surface area contributed by atoms with Crippen molar-refractivity contribution in [2.75, 3.05) is 18.3 Å². The van der Waals surface area contributed by atoms with Crippen molar-refractivity contribution in [3.63, 3.8) is 0 Å².